The average molecular weight is 294 g/mol. The Morgan fingerprint density at radius 1 is 1.30 bits per heavy atom. The van der Waals surface area contributed by atoms with Crippen LogP contribution in [0.25, 0.3) is 0 Å². The summed E-state index contributed by atoms with van der Waals surface area (Å²) in [5.74, 6) is 0.376. The Bertz CT molecular complexity index is 621. The van der Waals surface area contributed by atoms with Crippen LogP contribution in [0.15, 0.2) is 29.2 Å². The molecule has 5 heteroatoms. The minimum Gasteiger partial charge on any atom is -0.398 e. The van der Waals surface area contributed by atoms with Gasteiger partial charge >= 0.3 is 0 Å². The molecule has 0 saturated heterocycles. The molecule has 0 heterocycles. The number of allylic oxidation sites excluding steroid dienone is 2. The molecule has 0 radical (unpaired) electrons. The van der Waals surface area contributed by atoms with E-state index in [1.165, 1.54) is 0 Å². The van der Waals surface area contributed by atoms with Crippen LogP contribution in [0.4, 0.5) is 5.69 Å². The van der Waals surface area contributed by atoms with E-state index in [-0.39, 0.29) is 4.90 Å². The molecule has 0 amide bonds. The van der Waals surface area contributed by atoms with Gasteiger partial charge in [-0.05, 0) is 56.2 Å². The largest absolute Gasteiger partial charge is 0.398 e. The summed E-state index contributed by atoms with van der Waals surface area (Å²) in [6.45, 7) is 4.16. The van der Waals surface area contributed by atoms with Gasteiger partial charge in [-0.2, -0.15) is 0 Å². The molecule has 110 valence electrons. The Hall–Kier alpha value is -1.33. The highest BCUT2D eigenvalue weighted by Crippen LogP contribution is 2.25. The molecule has 3 N–H and O–H groups in total. The maximum Gasteiger partial charge on any atom is 0.242 e. The van der Waals surface area contributed by atoms with Crippen molar-refractivity contribution in [1.29, 1.82) is 0 Å². The number of nitrogen functional groups attached to an aromatic ring is 1. The third-order valence-corrected chi connectivity index (χ3v) is 5.54. The van der Waals surface area contributed by atoms with Gasteiger partial charge in [0, 0.05) is 6.54 Å². The number of nitrogens with two attached hydrogens (primary N) is 1. The molecule has 0 fully saturated rings. The molecule has 0 spiro atoms. The van der Waals surface area contributed by atoms with Crippen molar-refractivity contribution in [3.63, 3.8) is 0 Å². The fourth-order valence-corrected chi connectivity index (χ4v) is 4.05. The number of benzene rings is 1. The summed E-state index contributed by atoms with van der Waals surface area (Å²) in [5.41, 5.74) is 7.82. The van der Waals surface area contributed by atoms with E-state index in [0.717, 1.165) is 30.4 Å². The first-order chi connectivity index (χ1) is 9.42. The van der Waals surface area contributed by atoms with Gasteiger partial charge in [0.15, 0.2) is 0 Å². The minimum atomic E-state index is -3.54. The standard InChI is InChI=1S/C15H22N2O2S/c1-11-8-9-14(16)15(12(11)2)20(18,19)17-10-13-6-4-3-5-7-13/h3-4,8-9,13,17H,5-7,10,16H2,1-2H3. The number of hydrogen-bond acceptors (Lipinski definition) is 3. The van der Waals surface area contributed by atoms with E-state index >= 15 is 0 Å². The van der Waals surface area contributed by atoms with Gasteiger partial charge in [-0.3, -0.25) is 0 Å². The van der Waals surface area contributed by atoms with Crippen molar-refractivity contribution >= 4 is 15.7 Å². The van der Waals surface area contributed by atoms with Crippen LogP contribution >= 0.6 is 0 Å². The van der Waals surface area contributed by atoms with Gasteiger partial charge in [-0.25, -0.2) is 13.1 Å². The van der Waals surface area contributed by atoms with Crippen LogP contribution in [0.3, 0.4) is 0 Å². The van der Waals surface area contributed by atoms with E-state index in [0.29, 0.717) is 18.2 Å². The van der Waals surface area contributed by atoms with Crippen molar-refractivity contribution in [2.75, 3.05) is 12.3 Å². The lowest BCUT2D eigenvalue weighted by atomic mass is 9.95. The van der Waals surface area contributed by atoms with Crippen LogP contribution in [0.2, 0.25) is 0 Å². The highest BCUT2D eigenvalue weighted by molar-refractivity contribution is 7.89. The van der Waals surface area contributed by atoms with Gasteiger partial charge in [0.1, 0.15) is 4.90 Å². The van der Waals surface area contributed by atoms with Crippen LogP contribution in [0, 0.1) is 19.8 Å². The Balaban J connectivity index is 2.18. The van der Waals surface area contributed by atoms with Crippen molar-refractivity contribution in [3.8, 4) is 0 Å². The van der Waals surface area contributed by atoms with Gasteiger partial charge in [-0.15, -0.1) is 0 Å². The molecule has 1 aromatic rings. The molecule has 1 unspecified atom stereocenters. The van der Waals surface area contributed by atoms with E-state index in [2.05, 4.69) is 16.9 Å². The lowest BCUT2D eigenvalue weighted by molar-refractivity contribution is 0.468. The minimum absolute atomic E-state index is 0.226. The molecule has 0 aromatic heterocycles. The number of hydrogen-bond donors (Lipinski definition) is 2. The first-order valence-electron chi connectivity index (χ1n) is 6.92. The van der Waals surface area contributed by atoms with E-state index in [4.69, 9.17) is 5.73 Å². The van der Waals surface area contributed by atoms with Crippen molar-refractivity contribution in [1.82, 2.24) is 4.72 Å². The fourth-order valence-electron chi connectivity index (χ4n) is 2.51. The average Bonchev–Trinajstić information content (AvgIpc) is 2.42. The van der Waals surface area contributed by atoms with Crippen LogP contribution in [0.5, 0.6) is 0 Å². The maximum atomic E-state index is 12.5. The van der Waals surface area contributed by atoms with Crippen molar-refractivity contribution in [3.05, 3.63) is 35.4 Å². The first kappa shape index (κ1) is 15.1. The molecule has 1 atom stereocenters. The zero-order valence-electron chi connectivity index (χ0n) is 12.0. The molecule has 0 aliphatic heterocycles. The lowest BCUT2D eigenvalue weighted by Crippen LogP contribution is -2.31. The van der Waals surface area contributed by atoms with Crippen LogP contribution in [-0.2, 0) is 10.0 Å². The van der Waals surface area contributed by atoms with E-state index in [9.17, 15) is 8.42 Å². The Morgan fingerprint density at radius 2 is 2.05 bits per heavy atom. The summed E-state index contributed by atoms with van der Waals surface area (Å²) in [5, 5.41) is 0. The third kappa shape index (κ3) is 3.22. The van der Waals surface area contributed by atoms with Gasteiger partial charge in [-0.1, -0.05) is 18.2 Å². The molecule has 2 rings (SSSR count). The molecule has 4 nitrogen and oxygen atoms in total. The Morgan fingerprint density at radius 3 is 2.70 bits per heavy atom. The highest BCUT2D eigenvalue weighted by atomic mass is 32.2. The molecule has 20 heavy (non-hydrogen) atoms. The number of sulfonamides is 1. The van der Waals surface area contributed by atoms with Gasteiger partial charge < -0.3 is 5.73 Å². The molecule has 1 aliphatic carbocycles. The van der Waals surface area contributed by atoms with Gasteiger partial charge in [0.25, 0.3) is 0 Å². The third-order valence-electron chi connectivity index (χ3n) is 3.92. The second-order valence-electron chi connectivity index (χ2n) is 5.43. The zero-order valence-corrected chi connectivity index (χ0v) is 12.8. The smallest absolute Gasteiger partial charge is 0.242 e. The Kier molecular flexibility index (Phi) is 4.50. The summed E-state index contributed by atoms with van der Waals surface area (Å²) in [7, 11) is -3.54. The first-order valence-corrected chi connectivity index (χ1v) is 8.40. The zero-order chi connectivity index (χ0) is 14.8. The van der Waals surface area contributed by atoms with E-state index in [1.54, 1.807) is 13.0 Å². The normalized spacial score (nSPS) is 19.2. The number of anilines is 1. The summed E-state index contributed by atoms with van der Waals surface area (Å²) < 4.78 is 27.6. The summed E-state index contributed by atoms with van der Waals surface area (Å²) in [6, 6.07) is 3.50. The second kappa shape index (κ2) is 5.97. The van der Waals surface area contributed by atoms with Gasteiger partial charge in [0.2, 0.25) is 10.0 Å². The number of rotatable bonds is 4. The summed E-state index contributed by atoms with van der Waals surface area (Å²) >= 11 is 0. The SMILES string of the molecule is Cc1ccc(N)c(S(=O)(=O)NCC2CC=CCC2)c1C. The molecular formula is C15H22N2O2S. The van der Waals surface area contributed by atoms with E-state index < -0.39 is 10.0 Å². The van der Waals surface area contributed by atoms with Crippen LogP contribution in [-0.4, -0.2) is 15.0 Å². The molecule has 0 bridgehead atoms. The molecule has 1 aromatic carbocycles. The maximum absolute atomic E-state index is 12.5. The summed E-state index contributed by atoms with van der Waals surface area (Å²) in [6.07, 6.45) is 7.26. The van der Waals surface area contributed by atoms with E-state index in [1.807, 2.05) is 13.0 Å². The van der Waals surface area contributed by atoms with Crippen LogP contribution in [0.1, 0.15) is 30.4 Å². The monoisotopic (exact) mass is 294 g/mol. The van der Waals surface area contributed by atoms with Crippen LogP contribution < -0.4 is 10.5 Å². The topological polar surface area (TPSA) is 72.2 Å². The predicted octanol–water partition coefficient (Wildman–Crippen LogP) is 2.52. The molecule has 1 aliphatic rings. The molecular weight excluding hydrogens is 272 g/mol. The lowest BCUT2D eigenvalue weighted by Gasteiger charge is -2.19. The fraction of sp³-hybridized carbons (Fsp3) is 0.467. The molecule has 0 saturated carbocycles. The highest BCUT2D eigenvalue weighted by Gasteiger charge is 2.22. The van der Waals surface area contributed by atoms with Crippen molar-refractivity contribution in [2.45, 2.75) is 38.0 Å². The Labute approximate surface area is 121 Å². The van der Waals surface area contributed by atoms with Crippen molar-refractivity contribution in [2.24, 2.45) is 5.92 Å². The number of aryl methyl sites for hydroxylation is 1. The number of nitrogens with one attached hydrogen (secondary N) is 1. The quantitative estimate of drug-likeness (QED) is 0.662. The summed E-state index contributed by atoms with van der Waals surface area (Å²) in [4.78, 5) is 0.226. The predicted molar refractivity (Wildman–Crippen MR) is 82.0 cm³/mol. The van der Waals surface area contributed by atoms with Crippen molar-refractivity contribution < 1.29 is 8.42 Å². The van der Waals surface area contributed by atoms with Gasteiger partial charge in [0.05, 0.1) is 5.69 Å². The second-order valence-corrected chi connectivity index (χ2v) is 7.13.